The first-order valence-corrected chi connectivity index (χ1v) is 5.34. The Morgan fingerprint density at radius 1 is 1.50 bits per heavy atom. The van der Waals surface area contributed by atoms with Crippen molar-refractivity contribution in [3.05, 3.63) is 11.6 Å². The molecular weight excluding hydrogens is 176 g/mol. The summed E-state index contributed by atoms with van der Waals surface area (Å²) in [5, 5.41) is 8.47. The SMILES string of the molecule is CC(C)c1nnc2n1CCC(CN)C2. The summed E-state index contributed by atoms with van der Waals surface area (Å²) < 4.78 is 2.26. The van der Waals surface area contributed by atoms with E-state index in [4.69, 9.17) is 5.73 Å². The molecular formula is C10H18N4. The summed E-state index contributed by atoms with van der Waals surface area (Å²) in [5.41, 5.74) is 5.67. The first kappa shape index (κ1) is 9.65. The summed E-state index contributed by atoms with van der Waals surface area (Å²) in [6.07, 6.45) is 2.16. The Balaban J connectivity index is 2.25. The molecule has 0 radical (unpaired) electrons. The van der Waals surface area contributed by atoms with Crippen LogP contribution in [0.25, 0.3) is 0 Å². The highest BCUT2D eigenvalue weighted by molar-refractivity contribution is 5.03. The van der Waals surface area contributed by atoms with Crippen LogP contribution in [0.15, 0.2) is 0 Å². The van der Waals surface area contributed by atoms with Crippen molar-refractivity contribution >= 4 is 0 Å². The Hall–Kier alpha value is -0.900. The molecule has 0 spiro atoms. The van der Waals surface area contributed by atoms with Crippen molar-refractivity contribution in [3.63, 3.8) is 0 Å². The maximum Gasteiger partial charge on any atom is 0.135 e. The van der Waals surface area contributed by atoms with Gasteiger partial charge < -0.3 is 10.3 Å². The van der Waals surface area contributed by atoms with E-state index in [1.54, 1.807) is 0 Å². The molecule has 78 valence electrons. The normalized spacial score (nSPS) is 21.3. The number of rotatable bonds is 2. The van der Waals surface area contributed by atoms with Gasteiger partial charge in [0, 0.05) is 18.9 Å². The molecule has 0 aromatic carbocycles. The summed E-state index contributed by atoms with van der Waals surface area (Å²) in [4.78, 5) is 0. The van der Waals surface area contributed by atoms with Crippen LogP contribution >= 0.6 is 0 Å². The van der Waals surface area contributed by atoms with Gasteiger partial charge in [-0.1, -0.05) is 13.8 Å². The van der Waals surface area contributed by atoms with Gasteiger partial charge in [0.1, 0.15) is 11.6 Å². The second kappa shape index (κ2) is 3.69. The maximum atomic E-state index is 5.67. The smallest absolute Gasteiger partial charge is 0.135 e. The molecule has 0 aliphatic carbocycles. The van der Waals surface area contributed by atoms with Crippen LogP contribution in [0.5, 0.6) is 0 Å². The number of nitrogens with zero attached hydrogens (tertiary/aromatic N) is 3. The molecule has 0 fully saturated rings. The highest BCUT2D eigenvalue weighted by Crippen LogP contribution is 2.22. The molecule has 14 heavy (non-hydrogen) atoms. The van der Waals surface area contributed by atoms with Crippen LogP contribution < -0.4 is 5.73 Å². The molecule has 1 aliphatic heterocycles. The molecule has 1 atom stereocenters. The van der Waals surface area contributed by atoms with E-state index in [0.29, 0.717) is 11.8 Å². The van der Waals surface area contributed by atoms with E-state index >= 15 is 0 Å². The van der Waals surface area contributed by atoms with Crippen molar-refractivity contribution in [3.8, 4) is 0 Å². The molecule has 0 saturated heterocycles. The molecule has 0 amide bonds. The lowest BCUT2D eigenvalue weighted by molar-refractivity contribution is 0.381. The maximum absolute atomic E-state index is 5.67. The third kappa shape index (κ3) is 1.54. The molecule has 0 bridgehead atoms. The van der Waals surface area contributed by atoms with Crippen LogP contribution in [0.2, 0.25) is 0 Å². The van der Waals surface area contributed by atoms with Gasteiger partial charge in [-0.3, -0.25) is 0 Å². The van der Waals surface area contributed by atoms with Crippen molar-refractivity contribution in [1.82, 2.24) is 14.8 Å². The first-order valence-electron chi connectivity index (χ1n) is 5.34. The number of aromatic nitrogens is 3. The lowest BCUT2D eigenvalue weighted by Gasteiger charge is -2.22. The number of hydrogen-bond acceptors (Lipinski definition) is 3. The standard InChI is InChI=1S/C10H18N4/c1-7(2)10-13-12-9-5-8(6-11)3-4-14(9)10/h7-8H,3-6,11H2,1-2H3. The molecule has 4 heteroatoms. The molecule has 1 aliphatic rings. The topological polar surface area (TPSA) is 56.7 Å². The largest absolute Gasteiger partial charge is 0.330 e. The monoisotopic (exact) mass is 194 g/mol. The second-order valence-electron chi connectivity index (χ2n) is 4.38. The number of hydrogen-bond donors (Lipinski definition) is 1. The zero-order valence-electron chi connectivity index (χ0n) is 8.90. The van der Waals surface area contributed by atoms with Crippen LogP contribution in [0.1, 0.15) is 37.8 Å². The Kier molecular flexibility index (Phi) is 2.54. The molecule has 0 saturated carbocycles. The van der Waals surface area contributed by atoms with Crippen molar-refractivity contribution in [2.45, 2.75) is 39.2 Å². The lowest BCUT2D eigenvalue weighted by Crippen LogP contribution is -2.26. The van der Waals surface area contributed by atoms with E-state index in [1.165, 1.54) is 6.42 Å². The van der Waals surface area contributed by atoms with E-state index in [1.807, 2.05) is 0 Å². The zero-order chi connectivity index (χ0) is 10.1. The van der Waals surface area contributed by atoms with Crippen LogP contribution in [0.3, 0.4) is 0 Å². The third-order valence-corrected chi connectivity index (χ3v) is 2.94. The Morgan fingerprint density at radius 2 is 2.29 bits per heavy atom. The minimum Gasteiger partial charge on any atom is -0.330 e. The van der Waals surface area contributed by atoms with E-state index in [0.717, 1.165) is 31.2 Å². The van der Waals surface area contributed by atoms with E-state index < -0.39 is 0 Å². The van der Waals surface area contributed by atoms with Gasteiger partial charge in [-0.2, -0.15) is 0 Å². The molecule has 4 nitrogen and oxygen atoms in total. The Bertz CT molecular complexity index is 316. The van der Waals surface area contributed by atoms with Crippen molar-refractivity contribution in [2.24, 2.45) is 11.7 Å². The molecule has 2 rings (SSSR count). The van der Waals surface area contributed by atoms with Crippen molar-refractivity contribution in [1.29, 1.82) is 0 Å². The second-order valence-corrected chi connectivity index (χ2v) is 4.38. The van der Waals surface area contributed by atoms with E-state index in [-0.39, 0.29) is 0 Å². The van der Waals surface area contributed by atoms with Crippen LogP contribution in [0.4, 0.5) is 0 Å². The Labute approximate surface area is 84.5 Å². The number of nitrogens with two attached hydrogens (primary N) is 1. The molecule has 1 aromatic heterocycles. The Morgan fingerprint density at radius 3 is 2.93 bits per heavy atom. The number of fused-ring (bicyclic) bond motifs is 1. The minimum absolute atomic E-state index is 0.464. The van der Waals surface area contributed by atoms with Gasteiger partial charge in [0.25, 0.3) is 0 Å². The third-order valence-electron chi connectivity index (χ3n) is 2.94. The summed E-state index contributed by atoms with van der Waals surface area (Å²) in [6.45, 7) is 6.13. The minimum atomic E-state index is 0.464. The fourth-order valence-electron chi connectivity index (χ4n) is 2.04. The molecule has 2 heterocycles. The van der Waals surface area contributed by atoms with Crippen molar-refractivity contribution in [2.75, 3.05) is 6.54 Å². The molecule has 1 aromatic rings. The van der Waals surface area contributed by atoms with Gasteiger partial charge in [0.2, 0.25) is 0 Å². The molecule has 1 unspecified atom stereocenters. The van der Waals surface area contributed by atoms with Gasteiger partial charge in [-0.25, -0.2) is 0 Å². The quantitative estimate of drug-likeness (QED) is 0.761. The van der Waals surface area contributed by atoms with Gasteiger partial charge >= 0.3 is 0 Å². The molecule has 2 N–H and O–H groups in total. The lowest BCUT2D eigenvalue weighted by atomic mass is 9.98. The average molecular weight is 194 g/mol. The predicted molar refractivity (Wildman–Crippen MR) is 55.0 cm³/mol. The zero-order valence-corrected chi connectivity index (χ0v) is 8.90. The predicted octanol–water partition coefficient (Wildman–Crippen LogP) is 0.923. The summed E-state index contributed by atoms with van der Waals surface area (Å²) >= 11 is 0. The average Bonchev–Trinajstić information content (AvgIpc) is 2.59. The highest BCUT2D eigenvalue weighted by Gasteiger charge is 2.22. The fraction of sp³-hybridized carbons (Fsp3) is 0.800. The van der Waals surface area contributed by atoms with Gasteiger partial charge in [-0.15, -0.1) is 10.2 Å². The van der Waals surface area contributed by atoms with Gasteiger partial charge in [0.15, 0.2) is 0 Å². The van der Waals surface area contributed by atoms with Crippen LogP contribution in [-0.4, -0.2) is 21.3 Å². The van der Waals surface area contributed by atoms with E-state index in [2.05, 4.69) is 28.6 Å². The highest BCUT2D eigenvalue weighted by atomic mass is 15.3. The summed E-state index contributed by atoms with van der Waals surface area (Å²) in [7, 11) is 0. The van der Waals surface area contributed by atoms with Crippen LogP contribution in [-0.2, 0) is 13.0 Å². The van der Waals surface area contributed by atoms with Crippen molar-refractivity contribution < 1.29 is 0 Å². The first-order chi connectivity index (χ1) is 6.72. The summed E-state index contributed by atoms with van der Waals surface area (Å²) in [6, 6.07) is 0. The van der Waals surface area contributed by atoms with Gasteiger partial charge in [0.05, 0.1) is 0 Å². The fourth-order valence-corrected chi connectivity index (χ4v) is 2.04. The van der Waals surface area contributed by atoms with Crippen LogP contribution in [0, 0.1) is 5.92 Å². The van der Waals surface area contributed by atoms with E-state index in [9.17, 15) is 0 Å². The summed E-state index contributed by atoms with van der Waals surface area (Å²) in [5.74, 6) is 3.31. The van der Waals surface area contributed by atoms with Gasteiger partial charge in [-0.05, 0) is 18.9 Å².